The third-order valence-corrected chi connectivity index (χ3v) is 1.48. The molecule has 4 N–H and O–H groups in total. The van der Waals surface area contributed by atoms with Crippen LogP contribution in [0.3, 0.4) is 0 Å². The lowest BCUT2D eigenvalue weighted by molar-refractivity contribution is -0.179. The molecule has 0 fully saturated rings. The minimum absolute atomic E-state index is 0.365. The Morgan fingerprint density at radius 2 is 1.23 bits per heavy atom. The first-order chi connectivity index (χ1) is 5.83. The summed E-state index contributed by atoms with van der Waals surface area (Å²) in [5.41, 5.74) is 0. The van der Waals surface area contributed by atoms with Crippen molar-refractivity contribution in [2.24, 2.45) is 0 Å². The van der Waals surface area contributed by atoms with Gasteiger partial charge in [0, 0.05) is 12.8 Å². The SMILES string of the molecule is O=C(O)CCC(O)(O)CCC(=O)O. The molecule has 0 saturated carbocycles. The minimum atomic E-state index is -2.20. The Balaban J connectivity index is 3.79. The predicted molar refractivity (Wildman–Crippen MR) is 40.9 cm³/mol. The van der Waals surface area contributed by atoms with Crippen molar-refractivity contribution >= 4 is 11.9 Å². The van der Waals surface area contributed by atoms with Crippen LogP contribution in [0, 0.1) is 0 Å². The second-order valence-electron chi connectivity index (χ2n) is 2.77. The summed E-state index contributed by atoms with van der Waals surface area (Å²) in [6.07, 6.45) is -1.52. The van der Waals surface area contributed by atoms with E-state index in [0.717, 1.165) is 0 Å². The molecule has 0 saturated heterocycles. The lowest BCUT2D eigenvalue weighted by Crippen LogP contribution is -2.29. The zero-order valence-corrected chi connectivity index (χ0v) is 6.93. The zero-order valence-electron chi connectivity index (χ0n) is 6.93. The Hall–Kier alpha value is -1.14. The Bertz CT molecular complexity index is 177. The molecular weight excluding hydrogens is 180 g/mol. The Morgan fingerprint density at radius 1 is 0.923 bits per heavy atom. The number of aliphatic hydroxyl groups is 2. The molecule has 0 aromatic carbocycles. The van der Waals surface area contributed by atoms with E-state index in [0.29, 0.717) is 0 Å². The van der Waals surface area contributed by atoms with E-state index in [1.54, 1.807) is 0 Å². The van der Waals surface area contributed by atoms with Crippen LogP contribution < -0.4 is 0 Å². The molecule has 0 unspecified atom stereocenters. The van der Waals surface area contributed by atoms with E-state index in [1.807, 2.05) is 0 Å². The fourth-order valence-electron chi connectivity index (χ4n) is 0.739. The highest BCUT2D eigenvalue weighted by Crippen LogP contribution is 2.15. The second kappa shape index (κ2) is 4.78. The van der Waals surface area contributed by atoms with Gasteiger partial charge in [-0.15, -0.1) is 0 Å². The summed E-state index contributed by atoms with van der Waals surface area (Å²) in [5.74, 6) is -4.50. The first-order valence-electron chi connectivity index (χ1n) is 3.72. The molecule has 0 bridgehead atoms. The fraction of sp³-hybridized carbons (Fsp3) is 0.714. The second-order valence-corrected chi connectivity index (χ2v) is 2.77. The standard InChI is InChI=1S/C7H12O6/c8-5(9)1-3-7(12,13)4-2-6(10)11/h12-13H,1-4H2,(H,8,9)(H,10,11). The molecular formula is C7H12O6. The molecule has 0 aromatic rings. The first kappa shape index (κ1) is 11.9. The Labute approximate surface area is 74.4 Å². The van der Waals surface area contributed by atoms with Crippen molar-refractivity contribution in [1.29, 1.82) is 0 Å². The quantitative estimate of drug-likeness (QED) is 0.417. The molecule has 0 radical (unpaired) electrons. The Kier molecular flexibility index (Phi) is 4.36. The maximum Gasteiger partial charge on any atom is 0.303 e. The normalized spacial score (nSPS) is 11.2. The molecule has 0 aliphatic rings. The van der Waals surface area contributed by atoms with Gasteiger partial charge in [-0.25, -0.2) is 0 Å². The summed E-state index contributed by atoms with van der Waals surface area (Å²) in [4.78, 5) is 20.1. The summed E-state index contributed by atoms with van der Waals surface area (Å²) in [7, 11) is 0. The largest absolute Gasteiger partial charge is 0.481 e. The molecule has 0 atom stereocenters. The lowest BCUT2D eigenvalue weighted by atomic mass is 10.1. The molecule has 13 heavy (non-hydrogen) atoms. The lowest BCUT2D eigenvalue weighted by Gasteiger charge is -2.19. The fourth-order valence-corrected chi connectivity index (χ4v) is 0.739. The van der Waals surface area contributed by atoms with Crippen molar-refractivity contribution in [3.63, 3.8) is 0 Å². The third-order valence-electron chi connectivity index (χ3n) is 1.48. The molecule has 0 heterocycles. The highest BCUT2D eigenvalue weighted by atomic mass is 16.5. The smallest absolute Gasteiger partial charge is 0.303 e. The topological polar surface area (TPSA) is 115 Å². The van der Waals surface area contributed by atoms with Gasteiger partial charge >= 0.3 is 11.9 Å². The van der Waals surface area contributed by atoms with Crippen molar-refractivity contribution in [2.75, 3.05) is 0 Å². The van der Waals surface area contributed by atoms with Crippen LogP contribution in [0.4, 0.5) is 0 Å². The van der Waals surface area contributed by atoms with Crippen LogP contribution in [-0.2, 0) is 9.59 Å². The average molecular weight is 192 g/mol. The summed E-state index contributed by atoms with van der Waals surface area (Å²) >= 11 is 0. The number of hydrogen-bond acceptors (Lipinski definition) is 4. The number of carboxylic acid groups (broad SMARTS) is 2. The van der Waals surface area contributed by atoms with Crippen LogP contribution in [0.15, 0.2) is 0 Å². The van der Waals surface area contributed by atoms with Crippen molar-refractivity contribution in [2.45, 2.75) is 31.5 Å². The molecule has 76 valence electrons. The van der Waals surface area contributed by atoms with Gasteiger partial charge in [0.05, 0.1) is 12.8 Å². The van der Waals surface area contributed by atoms with Crippen molar-refractivity contribution in [3.05, 3.63) is 0 Å². The van der Waals surface area contributed by atoms with Crippen LogP contribution >= 0.6 is 0 Å². The van der Waals surface area contributed by atoms with Crippen LogP contribution in [0.2, 0.25) is 0 Å². The number of rotatable bonds is 6. The van der Waals surface area contributed by atoms with Gasteiger partial charge in [-0.05, 0) is 0 Å². The predicted octanol–water partition coefficient (Wildman–Crippen LogP) is -0.603. The molecule has 0 rings (SSSR count). The van der Waals surface area contributed by atoms with Crippen LogP contribution in [0.25, 0.3) is 0 Å². The van der Waals surface area contributed by atoms with Crippen LogP contribution in [0.5, 0.6) is 0 Å². The van der Waals surface area contributed by atoms with Gasteiger partial charge in [0.2, 0.25) is 0 Å². The van der Waals surface area contributed by atoms with E-state index in [-0.39, 0.29) is 12.8 Å². The van der Waals surface area contributed by atoms with E-state index in [1.165, 1.54) is 0 Å². The highest BCUT2D eigenvalue weighted by Gasteiger charge is 2.24. The average Bonchev–Trinajstić information content (AvgIpc) is 1.98. The van der Waals surface area contributed by atoms with Crippen LogP contribution in [0.1, 0.15) is 25.7 Å². The summed E-state index contributed by atoms with van der Waals surface area (Å²) in [6.45, 7) is 0. The molecule has 0 amide bonds. The summed E-state index contributed by atoms with van der Waals surface area (Å²) < 4.78 is 0. The van der Waals surface area contributed by atoms with Gasteiger partial charge in [-0.1, -0.05) is 0 Å². The van der Waals surface area contributed by atoms with Gasteiger partial charge in [-0.2, -0.15) is 0 Å². The first-order valence-corrected chi connectivity index (χ1v) is 3.72. The number of carbonyl (C=O) groups is 2. The zero-order chi connectivity index (χ0) is 10.5. The summed E-state index contributed by atoms with van der Waals surface area (Å²) in [5, 5.41) is 34.5. The minimum Gasteiger partial charge on any atom is -0.481 e. The molecule has 0 aliphatic carbocycles. The number of hydrogen-bond donors (Lipinski definition) is 4. The van der Waals surface area contributed by atoms with Crippen molar-refractivity contribution < 1.29 is 30.0 Å². The van der Waals surface area contributed by atoms with Crippen molar-refractivity contribution in [1.82, 2.24) is 0 Å². The van der Waals surface area contributed by atoms with Gasteiger partial charge < -0.3 is 20.4 Å². The Morgan fingerprint density at radius 3 is 1.46 bits per heavy atom. The van der Waals surface area contributed by atoms with E-state index >= 15 is 0 Å². The maximum atomic E-state index is 10.0. The van der Waals surface area contributed by atoms with Crippen molar-refractivity contribution in [3.8, 4) is 0 Å². The third kappa shape index (κ3) is 7.23. The molecule has 6 heteroatoms. The van der Waals surface area contributed by atoms with Crippen LogP contribution in [-0.4, -0.2) is 38.2 Å². The van der Waals surface area contributed by atoms with Gasteiger partial charge in [0.25, 0.3) is 0 Å². The van der Waals surface area contributed by atoms with E-state index in [2.05, 4.69) is 0 Å². The molecule has 0 spiro atoms. The van der Waals surface area contributed by atoms with E-state index in [9.17, 15) is 9.59 Å². The monoisotopic (exact) mass is 192 g/mol. The van der Waals surface area contributed by atoms with E-state index in [4.69, 9.17) is 20.4 Å². The highest BCUT2D eigenvalue weighted by molar-refractivity contribution is 5.67. The van der Waals surface area contributed by atoms with Gasteiger partial charge in [-0.3, -0.25) is 9.59 Å². The van der Waals surface area contributed by atoms with Gasteiger partial charge in [0.1, 0.15) is 0 Å². The van der Waals surface area contributed by atoms with E-state index < -0.39 is 30.6 Å². The summed E-state index contributed by atoms with van der Waals surface area (Å²) in [6, 6.07) is 0. The maximum absolute atomic E-state index is 10.0. The number of aliphatic carboxylic acids is 2. The molecule has 6 nitrogen and oxygen atoms in total. The molecule has 0 aliphatic heterocycles. The number of carboxylic acids is 2. The molecule has 0 aromatic heterocycles. The van der Waals surface area contributed by atoms with Gasteiger partial charge in [0.15, 0.2) is 5.79 Å².